The number of alkyl halides is 1. The van der Waals surface area contributed by atoms with Crippen molar-refractivity contribution in [3.63, 3.8) is 0 Å². The van der Waals surface area contributed by atoms with E-state index in [2.05, 4.69) is 6.92 Å². The van der Waals surface area contributed by atoms with Gasteiger partial charge in [-0.05, 0) is 74.9 Å². The van der Waals surface area contributed by atoms with Gasteiger partial charge < -0.3 is 0 Å². The Balaban J connectivity index is 1.82. The molecule has 4 rings (SSSR count). The van der Waals surface area contributed by atoms with E-state index in [0.29, 0.717) is 6.42 Å². The molecular weight excluding hydrogens is 343 g/mol. The van der Waals surface area contributed by atoms with Crippen molar-refractivity contribution in [2.24, 2.45) is 39.9 Å². The zero-order valence-corrected chi connectivity index (χ0v) is 17.1. The van der Waals surface area contributed by atoms with Gasteiger partial charge in [0.15, 0.2) is 5.78 Å². The second-order valence-electron chi connectivity index (χ2n) is 10.5. The molecule has 4 aliphatic rings. The van der Waals surface area contributed by atoms with Crippen LogP contribution in [0.1, 0.15) is 66.7 Å². The zero-order chi connectivity index (χ0) is 19.9. The molecule has 0 aliphatic heterocycles. The van der Waals surface area contributed by atoms with Crippen LogP contribution in [-0.2, 0) is 14.4 Å². The van der Waals surface area contributed by atoms with E-state index in [1.807, 2.05) is 20.8 Å². The highest BCUT2D eigenvalue weighted by Crippen LogP contribution is 2.67. The van der Waals surface area contributed by atoms with Crippen LogP contribution in [0.15, 0.2) is 11.6 Å². The lowest BCUT2D eigenvalue weighted by Crippen LogP contribution is -2.57. The highest BCUT2D eigenvalue weighted by atomic mass is 19.1. The summed E-state index contributed by atoms with van der Waals surface area (Å²) in [7, 11) is 0. The van der Waals surface area contributed by atoms with Crippen molar-refractivity contribution in [3.05, 3.63) is 11.6 Å². The van der Waals surface area contributed by atoms with Crippen molar-refractivity contribution in [3.8, 4) is 0 Å². The maximum atomic E-state index is 15.2. The largest absolute Gasteiger partial charge is 0.300 e. The molecule has 0 aromatic heterocycles. The van der Waals surface area contributed by atoms with Gasteiger partial charge in [0.2, 0.25) is 0 Å². The number of allylic oxidation sites excluding steroid dienone is 2. The predicted octanol–water partition coefficient (Wildman–Crippen LogP) is 4.49. The summed E-state index contributed by atoms with van der Waals surface area (Å²) in [5, 5.41) is 0. The van der Waals surface area contributed by atoms with Crippen LogP contribution in [0.3, 0.4) is 0 Å². The minimum absolute atomic E-state index is 0.0157. The maximum Gasteiger partial charge on any atom is 0.159 e. The van der Waals surface area contributed by atoms with Gasteiger partial charge in [0.25, 0.3) is 0 Å². The molecule has 0 saturated heterocycles. The van der Waals surface area contributed by atoms with E-state index < -0.39 is 17.0 Å². The normalized spacial score (nSPS) is 48.4. The number of hydrogen-bond acceptors (Lipinski definition) is 3. The molecule has 7 atom stereocenters. The topological polar surface area (TPSA) is 51.2 Å². The predicted molar refractivity (Wildman–Crippen MR) is 101 cm³/mol. The lowest BCUT2D eigenvalue weighted by atomic mass is 9.44. The van der Waals surface area contributed by atoms with E-state index in [1.54, 1.807) is 13.0 Å². The highest BCUT2D eigenvalue weighted by molar-refractivity contribution is 5.98. The van der Waals surface area contributed by atoms with Crippen LogP contribution in [0.4, 0.5) is 4.39 Å². The number of ketones is 3. The van der Waals surface area contributed by atoms with E-state index in [0.717, 1.165) is 24.8 Å². The van der Waals surface area contributed by atoms with Gasteiger partial charge in [0, 0.05) is 29.6 Å². The fourth-order valence-electron chi connectivity index (χ4n) is 7.53. The third-order valence-electron chi connectivity index (χ3n) is 9.00. The van der Waals surface area contributed by atoms with Crippen molar-refractivity contribution in [1.82, 2.24) is 0 Å². The molecule has 4 aliphatic carbocycles. The lowest BCUT2D eigenvalue weighted by molar-refractivity contribution is -0.144. The van der Waals surface area contributed by atoms with Crippen LogP contribution in [0.5, 0.6) is 0 Å². The summed E-state index contributed by atoms with van der Waals surface area (Å²) in [5.41, 5.74) is -0.325. The number of carbonyl (C=O) groups excluding carboxylic acids is 3. The molecule has 0 N–H and O–H groups in total. The summed E-state index contributed by atoms with van der Waals surface area (Å²) < 4.78 is 15.2. The molecule has 3 saturated carbocycles. The van der Waals surface area contributed by atoms with Crippen molar-refractivity contribution in [2.45, 2.75) is 72.9 Å². The van der Waals surface area contributed by atoms with Crippen molar-refractivity contribution in [2.75, 3.05) is 0 Å². The third-order valence-corrected chi connectivity index (χ3v) is 9.00. The Morgan fingerprint density at radius 3 is 2.44 bits per heavy atom. The Morgan fingerprint density at radius 2 is 1.81 bits per heavy atom. The Bertz CT molecular complexity index is 766. The van der Waals surface area contributed by atoms with E-state index >= 15 is 4.39 Å². The van der Waals surface area contributed by atoms with E-state index in [4.69, 9.17) is 0 Å². The van der Waals surface area contributed by atoms with E-state index in [1.165, 1.54) is 0 Å². The first kappa shape index (κ1) is 19.0. The lowest BCUT2D eigenvalue weighted by Gasteiger charge is -2.58. The second-order valence-corrected chi connectivity index (χ2v) is 10.5. The van der Waals surface area contributed by atoms with Gasteiger partial charge >= 0.3 is 0 Å². The SMILES string of the molecule is CC(=O)[C@H]1C[C@H](F)[C@H]2[C@@H]3C(=O)C=C4C(C)(C)C(=O)CC[C@]4(C)[C@H]3CC[C@@]21C. The number of carbonyl (C=O) groups is 3. The summed E-state index contributed by atoms with van der Waals surface area (Å²) in [4.78, 5) is 38.0. The molecule has 0 heterocycles. The van der Waals surface area contributed by atoms with Crippen LogP contribution in [0.25, 0.3) is 0 Å². The smallest absolute Gasteiger partial charge is 0.159 e. The molecule has 0 aromatic rings. The molecular formula is C23H31FO3. The number of Topliss-reactive ketones (excluding diaryl/α,β-unsaturated/α-hetero) is 2. The maximum absolute atomic E-state index is 15.2. The van der Waals surface area contributed by atoms with E-state index in [9.17, 15) is 14.4 Å². The zero-order valence-electron chi connectivity index (χ0n) is 17.1. The number of hydrogen-bond donors (Lipinski definition) is 0. The summed E-state index contributed by atoms with van der Waals surface area (Å²) in [6.45, 7) is 9.64. The Morgan fingerprint density at radius 1 is 1.15 bits per heavy atom. The monoisotopic (exact) mass is 374 g/mol. The van der Waals surface area contributed by atoms with Gasteiger partial charge in [-0.2, -0.15) is 0 Å². The number of fused-ring (bicyclic) bond motifs is 5. The summed E-state index contributed by atoms with van der Waals surface area (Å²) >= 11 is 0. The first-order valence-corrected chi connectivity index (χ1v) is 10.4. The van der Waals surface area contributed by atoms with Gasteiger partial charge in [-0.3, -0.25) is 14.4 Å². The van der Waals surface area contributed by atoms with Crippen LogP contribution in [-0.4, -0.2) is 23.5 Å². The first-order valence-electron chi connectivity index (χ1n) is 10.4. The quantitative estimate of drug-likeness (QED) is 0.680. The summed E-state index contributed by atoms with van der Waals surface area (Å²) in [6.07, 6.45) is 3.73. The molecule has 0 unspecified atom stereocenters. The van der Waals surface area contributed by atoms with E-state index in [-0.39, 0.29) is 52.9 Å². The van der Waals surface area contributed by atoms with Gasteiger partial charge in [-0.25, -0.2) is 4.39 Å². The van der Waals surface area contributed by atoms with Crippen LogP contribution in [0, 0.1) is 39.9 Å². The van der Waals surface area contributed by atoms with Crippen LogP contribution in [0.2, 0.25) is 0 Å². The number of rotatable bonds is 1. The van der Waals surface area contributed by atoms with Gasteiger partial charge in [-0.1, -0.05) is 13.8 Å². The molecule has 0 spiro atoms. The molecule has 3 nitrogen and oxygen atoms in total. The van der Waals surface area contributed by atoms with Crippen molar-refractivity contribution >= 4 is 17.3 Å². The third kappa shape index (κ3) is 2.28. The molecule has 4 heteroatoms. The van der Waals surface area contributed by atoms with Crippen LogP contribution < -0.4 is 0 Å². The fraction of sp³-hybridized carbons (Fsp3) is 0.783. The molecule has 3 fully saturated rings. The Hall–Kier alpha value is -1.32. The molecule has 27 heavy (non-hydrogen) atoms. The molecule has 0 bridgehead atoms. The average molecular weight is 374 g/mol. The molecule has 0 radical (unpaired) electrons. The van der Waals surface area contributed by atoms with Gasteiger partial charge in [-0.15, -0.1) is 0 Å². The molecule has 0 aromatic carbocycles. The number of halogens is 1. The molecule has 148 valence electrons. The average Bonchev–Trinajstić information content (AvgIpc) is 2.85. The summed E-state index contributed by atoms with van der Waals surface area (Å²) in [5.74, 6) is -0.727. The summed E-state index contributed by atoms with van der Waals surface area (Å²) in [6, 6.07) is 0. The minimum Gasteiger partial charge on any atom is -0.300 e. The van der Waals surface area contributed by atoms with Gasteiger partial charge in [0.1, 0.15) is 17.7 Å². The van der Waals surface area contributed by atoms with Crippen LogP contribution >= 0.6 is 0 Å². The van der Waals surface area contributed by atoms with Crippen molar-refractivity contribution in [1.29, 1.82) is 0 Å². The minimum atomic E-state index is -1.10. The first-order chi connectivity index (χ1) is 12.4. The van der Waals surface area contributed by atoms with Gasteiger partial charge in [0.05, 0.1) is 0 Å². The standard InChI is InChI=1S/C23H31FO3/c1-12(25)14-10-15(24)20-19-13(6-8-23(14,20)5)22(4)9-7-18(27)21(2,3)17(22)11-16(19)26/h11,13-15,19-20H,6-10H2,1-5H3/t13-,14+,15-,19-,20-,22+,23+/m0/s1. The van der Waals surface area contributed by atoms with Crippen molar-refractivity contribution < 1.29 is 18.8 Å². The Labute approximate surface area is 161 Å². The second kappa shape index (κ2) is 5.61. The Kier molecular flexibility index (Phi) is 3.95. The fourth-order valence-corrected chi connectivity index (χ4v) is 7.53. The molecule has 0 amide bonds. The highest BCUT2D eigenvalue weighted by Gasteiger charge is 2.66.